The van der Waals surface area contributed by atoms with Gasteiger partial charge < -0.3 is 4.74 Å². The van der Waals surface area contributed by atoms with Crippen LogP contribution in [0.25, 0.3) is 28.3 Å². The monoisotopic (exact) mass is 340 g/mol. The molecule has 0 amide bonds. The Bertz CT molecular complexity index is 868. The van der Waals surface area contributed by atoms with Gasteiger partial charge in [0.2, 0.25) is 0 Å². The van der Waals surface area contributed by atoms with Gasteiger partial charge in [0.15, 0.2) is 0 Å². The first-order chi connectivity index (χ1) is 11.3. The summed E-state index contributed by atoms with van der Waals surface area (Å²) < 4.78 is 6.18. The Hall–Kier alpha value is -2.17. The normalized spacial score (nSPS) is 11.7. The molecular formula is C19H16O2S2. The minimum Gasteiger partial charge on any atom is -0.463 e. The van der Waals surface area contributed by atoms with Gasteiger partial charge in [0.05, 0.1) is 6.61 Å². The van der Waals surface area contributed by atoms with Crippen LogP contribution in [0, 0.1) is 0 Å². The van der Waals surface area contributed by atoms with Gasteiger partial charge in [0, 0.05) is 20.5 Å². The van der Waals surface area contributed by atoms with Gasteiger partial charge in [0.1, 0.15) is 0 Å². The van der Waals surface area contributed by atoms with E-state index in [4.69, 9.17) is 4.74 Å². The molecule has 1 aromatic carbocycles. The molecule has 0 N–H and O–H groups in total. The third-order valence-corrected chi connectivity index (χ3v) is 5.25. The highest BCUT2D eigenvalue weighted by molar-refractivity contribution is 7.17. The zero-order valence-electron chi connectivity index (χ0n) is 12.7. The fourth-order valence-corrected chi connectivity index (χ4v) is 3.93. The van der Waals surface area contributed by atoms with Crippen molar-refractivity contribution >= 4 is 57.0 Å². The highest BCUT2D eigenvalue weighted by Crippen LogP contribution is 2.28. The highest BCUT2D eigenvalue weighted by Gasteiger charge is 2.01. The molecule has 0 aliphatic carbocycles. The number of hydrogen-bond donors (Lipinski definition) is 0. The standard InChI is InChI=1S/C19H16O2S2/c1-2-21-19(20)12-11-16-10-9-15(23-16)8-7-14-13-22-18-6-4-3-5-17(14)18/h3-13H,2H2,1H3. The molecule has 0 spiro atoms. The molecule has 116 valence electrons. The third kappa shape index (κ3) is 3.97. The van der Waals surface area contributed by atoms with E-state index in [-0.39, 0.29) is 5.97 Å². The first-order valence-corrected chi connectivity index (χ1v) is 9.05. The fourth-order valence-electron chi connectivity index (χ4n) is 2.19. The first-order valence-electron chi connectivity index (χ1n) is 7.35. The SMILES string of the molecule is CCOC(=O)C=Cc1ccc(C=Cc2csc3ccccc23)s1. The Balaban J connectivity index is 1.72. The maximum atomic E-state index is 11.3. The summed E-state index contributed by atoms with van der Waals surface area (Å²) in [4.78, 5) is 13.5. The van der Waals surface area contributed by atoms with Gasteiger partial charge in [-0.1, -0.05) is 24.3 Å². The van der Waals surface area contributed by atoms with Crippen molar-refractivity contribution in [1.29, 1.82) is 0 Å². The lowest BCUT2D eigenvalue weighted by Crippen LogP contribution is -1.98. The summed E-state index contributed by atoms with van der Waals surface area (Å²) in [5.41, 5.74) is 1.24. The van der Waals surface area contributed by atoms with Crippen LogP contribution in [0.3, 0.4) is 0 Å². The van der Waals surface area contributed by atoms with Crippen molar-refractivity contribution in [2.75, 3.05) is 6.61 Å². The summed E-state index contributed by atoms with van der Waals surface area (Å²) in [5, 5.41) is 3.46. The molecule has 0 bridgehead atoms. The van der Waals surface area contributed by atoms with E-state index in [1.165, 1.54) is 21.7 Å². The maximum absolute atomic E-state index is 11.3. The van der Waals surface area contributed by atoms with Crippen LogP contribution in [-0.2, 0) is 9.53 Å². The van der Waals surface area contributed by atoms with Crippen LogP contribution in [-0.4, -0.2) is 12.6 Å². The lowest BCUT2D eigenvalue weighted by molar-refractivity contribution is -0.137. The molecule has 3 rings (SSSR count). The molecule has 0 saturated carbocycles. The van der Waals surface area contributed by atoms with E-state index in [0.29, 0.717) is 6.61 Å². The number of hydrogen-bond acceptors (Lipinski definition) is 4. The molecular weight excluding hydrogens is 324 g/mol. The molecule has 0 fully saturated rings. The van der Waals surface area contributed by atoms with Crippen LogP contribution in [0.1, 0.15) is 22.2 Å². The van der Waals surface area contributed by atoms with E-state index in [2.05, 4.69) is 47.9 Å². The Kier molecular flexibility index (Phi) is 5.05. The van der Waals surface area contributed by atoms with Gasteiger partial charge in [-0.3, -0.25) is 0 Å². The second kappa shape index (κ2) is 7.40. The maximum Gasteiger partial charge on any atom is 0.330 e. The summed E-state index contributed by atoms with van der Waals surface area (Å²) >= 11 is 3.40. The van der Waals surface area contributed by atoms with Crippen molar-refractivity contribution in [3.63, 3.8) is 0 Å². The lowest BCUT2D eigenvalue weighted by Gasteiger charge is -1.93. The van der Waals surface area contributed by atoms with Crippen molar-refractivity contribution in [3.05, 3.63) is 63.2 Å². The van der Waals surface area contributed by atoms with Crippen LogP contribution in [0.4, 0.5) is 0 Å². The van der Waals surface area contributed by atoms with Gasteiger partial charge >= 0.3 is 5.97 Å². The van der Waals surface area contributed by atoms with Crippen LogP contribution >= 0.6 is 22.7 Å². The summed E-state index contributed by atoms with van der Waals surface area (Å²) in [6.45, 7) is 2.20. The average Bonchev–Trinajstić information content (AvgIpc) is 3.18. The molecule has 0 radical (unpaired) electrons. The smallest absolute Gasteiger partial charge is 0.330 e. The molecule has 23 heavy (non-hydrogen) atoms. The Labute approximate surface area is 143 Å². The minimum absolute atomic E-state index is 0.303. The summed E-state index contributed by atoms with van der Waals surface area (Å²) in [7, 11) is 0. The third-order valence-electron chi connectivity index (χ3n) is 3.26. The second-order valence-corrected chi connectivity index (χ2v) is 6.90. The highest BCUT2D eigenvalue weighted by atomic mass is 32.1. The van der Waals surface area contributed by atoms with Crippen molar-refractivity contribution in [3.8, 4) is 0 Å². The molecule has 2 heterocycles. The summed E-state index contributed by atoms with van der Waals surface area (Å²) in [6.07, 6.45) is 7.51. The number of ether oxygens (including phenoxy) is 1. The molecule has 4 heteroatoms. The number of carbonyl (C=O) groups is 1. The topological polar surface area (TPSA) is 26.3 Å². The Morgan fingerprint density at radius 2 is 1.87 bits per heavy atom. The van der Waals surface area contributed by atoms with E-state index < -0.39 is 0 Å². The predicted octanol–water partition coefficient (Wildman–Crippen LogP) is 5.71. The van der Waals surface area contributed by atoms with Crippen molar-refractivity contribution in [1.82, 2.24) is 0 Å². The van der Waals surface area contributed by atoms with E-state index in [1.54, 1.807) is 35.7 Å². The van der Waals surface area contributed by atoms with Gasteiger partial charge in [-0.25, -0.2) is 4.79 Å². The van der Waals surface area contributed by atoms with Crippen LogP contribution in [0.15, 0.2) is 47.9 Å². The molecule has 0 atom stereocenters. The first kappa shape index (κ1) is 15.7. The molecule has 0 saturated heterocycles. The number of thiophene rings is 2. The Morgan fingerprint density at radius 1 is 1.09 bits per heavy atom. The van der Waals surface area contributed by atoms with Gasteiger partial charge in [-0.2, -0.15) is 0 Å². The van der Waals surface area contributed by atoms with Gasteiger partial charge in [-0.05, 0) is 53.6 Å². The number of benzene rings is 1. The van der Waals surface area contributed by atoms with Crippen LogP contribution in [0.5, 0.6) is 0 Å². The fraction of sp³-hybridized carbons (Fsp3) is 0.105. The van der Waals surface area contributed by atoms with E-state index in [1.807, 2.05) is 6.07 Å². The van der Waals surface area contributed by atoms with Gasteiger partial charge in [0.25, 0.3) is 0 Å². The summed E-state index contributed by atoms with van der Waals surface area (Å²) in [6, 6.07) is 12.5. The quantitative estimate of drug-likeness (QED) is 0.439. The van der Waals surface area contributed by atoms with Crippen molar-refractivity contribution in [2.24, 2.45) is 0 Å². The zero-order chi connectivity index (χ0) is 16.1. The molecule has 0 unspecified atom stereocenters. The largest absolute Gasteiger partial charge is 0.463 e. The van der Waals surface area contributed by atoms with Crippen molar-refractivity contribution in [2.45, 2.75) is 6.92 Å². The summed E-state index contributed by atoms with van der Waals surface area (Å²) in [5.74, 6) is -0.303. The molecule has 2 nitrogen and oxygen atoms in total. The predicted molar refractivity (Wildman–Crippen MR) is 101 cm³/mol. The average molecular weight is 340 g/mol. The molecule has 0 aliphatic rings. The minimum atomic E-state index is -0.303. The van der Waals surface area contributed by atoms with Gasteiger partial charge in [-0.15, -0.1) is 22.7 Å². The number of esters is 1. The van der Waals surface area contributed by atoms with E-state index in [9.17, 15) is 4.79 Å². The van der Waals surface area contributed by atoms with Crippen LogP contribution < -0.4 is 0 Å². The second-order valence-electron chi connectivity index (χ2n) is 4.85. The van der Waals surface area contributed by atoms with Crippen LogP contribution in [0.2, 0.25) is 0 Å². The van der Waals surface area contributed by atoms with Crippen molar-refractivity contribution < 1.29 is 9.53 Å². The molecule has 0 aliphatic heterocycles. The number of carbonyl (C=O) groups excluding carboxylic acids is 1. The number of fused-ring (bicyclic) bond motifs is 1. The zero-order valence-corrected chi connectivity index (χ0v) is 14.3. The molecule has 3 aromatic rings. The Morgan fingerprint density at radius 3 is 2.70 bits per heavy atom. The lowest BCUT2D eigenvalue weighted by atomic mass is 10.1. The molecule has 2 aromatic heterocycles. The van der Waals surface area contributed by atoms with E-state index >= 15 is 0 Å². The van der Waals surface area contributed by atoms with E-state index in [0.717, 1.165) is 9.75 Å². The number of rotatable bonds is 5.